The van der Waals surface area contributed by atoms with Crippen molar-refractivity contribution in [2.75, 3.05) is 0 Å². The second kappa shape index (κ2) is 4.26. The summed E-state index contributed by atoms with van der Waals surface area (Å²) in [5.74, 6) is -1.86. The summed E-state index contributed by atoms with van der Waals surface area (Å²) in [6.45, 7) is 0.576. The van der Waals surface area contributed by atoms with Gasteiger partial charge in [-0.05, 0) is 6.92 Å². The number of carbonyl (C=O) groups is 1. The van der Waals surface area contributed by atoms with Crippen LogP contribution < -0.4 is 0 Å². The lowest BCUT2D eigenvalue weighted by atomic mass is 10.2. The van der Waals surface area contributed by atoms with Gasteiger partial charge < -0.3 is 5.11 Å². The number of rotatable bonds is 3. The van der Waals surface area contributed by atoms with E-state index in [9.17, 15) is 26.7 Å². The molecule has 1 heterocycles. The van der Waals surface area contributed by atoms with Crippen molar-refractivity contribution >= 4 is 5.97 Å². The van der Waals surface area contributed by atoms with Gasteiger partial charge in [-0.2, -0.15) is 13.2 Å². The fraction of sp³-hybridized carbons (Fsp3) is 0.571. The Morgan fingerprint density at radius 1 is 1.41 bits per heavy atom. The molecular weight excluding hydrogens is 253 g/mol. The summed E-state index contributed by atoms with van der Waals surface area (Å²) in [5, 5.41) is 14.1. The Bertz CT molecular complexity index is 428. The van der Waals surface area contributed by atoms with Crippen LogP contribution in [0.15, 0.2) is 0 Å². The quantitative estimate of drug-likeness (QED) is 0.843. The maximum absolute atomic E-state index is 12.5. The van der Waals surface area contributed by atoms with Gasteiger partial charge in [-0.25, -0.2) is 18.3 Å². The van der Waals surface area contributed by atoms with Crippen LogP contribution in [0.25, 0.3) is 0 Å². The summed E-state index contributed by atoms with van der Waals surface area (Å²) in [6, 6.07) is -2.38. The highest BCUT2D eigenvalue weighted by Crippen LogP contribution is 2.33. The van der Waals surface area contributed by atoms with Gasteiger partial charge in [0.05, 0.1) is 0 Å². The molecule has 0 saturated carbocycles. The molecular formula is C7H6F5N3O2. The molecule has 1 unspecified atom stereocenters. The maximum Gasteiger partial charge on any atom is 0.410 e. The number of alkyl halides is 5. The lowest BCUT2D eigenvalue weighted by Crippen LogP contribution is -2.26. The van der Waals surface area contributed by atoms with Gasteiger partial charge in [-0.1, -0.05) is 5.21 Å². The molecule has 1 aromatic heterocycles. The Balaban J connectivity index is 3.31. The first kappa shape index (κ1) is 13.3. The Morgan fingerprint density at radius 2 is 1.94 bits per heavy atom. The van der Waals surface area contributed by atoms with E-state index in [0.717, 1.165) is 0 Å². The van der Waals surface area contributed by atoms with Crippen LogP contribution in [0.2, 0.25) is 0 Å². The van der Waals surface area contributed by atoms with E-state index < -0.39 is 36.0 Å². The minimum Gasteiger partial charge on any atom is -0.476 e. The molecule has 1 atom stereocenters. The van der Waals surface area contributed by atoms with Gasteiger partial charge in [0.25, 0.3) is 6.43 Å². The van der Waals surface area contributed by atoms with Crippen LogP contribution in [0.1, 0.15) is 35.6 Å². The molecule has 1 rings (SSSR count). The van der Waals surface area contributed by atoms with Gasteiger partial charge in [0.1, 0.15) is 11.7 Å². The summed E-state index contributed by atoms with van der Waals surface area (Å²) >= 11 is 0. The number of halogens is 5. The number of aromatic nitrogens is 3. The SMILES string of the molecule is CC(n1nnc(C(=O)O)c1C(F)F)C(F)(F)F. The Hall–Kier alpha value is -1.74. The Labute approximate surface area is 90.8 Å². The second-order valence-electron chi connectivity index (χ2n) is 3.09. The van der Waals surface area contributed by atoms with E-state index in [0.29, 0.717) is 6.92 Å². The van der Waals surface area contributed by atoms with Gasteiger partial charge in [-0.3, -0.25) is 0 Å². The normalized spacial score (nSPS) is 14.1. The molecule has 0 aromatic carbocycles. The van der Waals surface area contributed by atoms with Crippen LogP contribution in [-0.2, 0) is 0 Å². The third-order valence-corrected chi connectivity index (χ3v) is 1.98. The van der Waals surface area contributed by atoms with Gasteiger partial charge in [-0.15, -0.1) is 5.10 Å². The van der Waals surface area contributed by atoms with Crippen molar-refractivity contribution in [3.8, 4) is 0 Å². The van der Waals surface area contributed by atoms with Gasteiger partial charge in [0.15, 0.2) is 5.69 Å². The third kappa shape index (κ3) is 2.50. The molecule has 0 amide bonds. The van der Waals surface area contributed by atoms with Crippen LogP contribution in [0.5, 0.6) is 0 Å². The largest absolute Gasteiger partial charge is 0.476 e. The van der Waals surface area contributed by atoms with Gasteiger partial charge >= 0.3 is 12.1 Å². The number of aromatic carboxylic acids is 1. The molecule has 0 aliphatic rings. The van der Waals surface area contributed by atoms with Crippen LogP contribution >= 0.6 is 0 Å². The minimum atomic E-state index is -4.83. The molecule has 5 nitrogen and oxygen atoms in total. The summed E-state index contributed by atoms with van der Waals surface area (Å²) < 4.78 is 61.8. The molecule has 0 bridgehead atoms. The van der Waals surface area contributed by atoms with E-state index in [4.69, 9.17) is 5.11 Å². The molecule has 1 N–H and O–H groups in total. The molecule has 0 radical (unpaired) electrons. The van der Waals surface area contributed by atoms with E-state index >= 15 is 0 Å². The Kier molecular flexibility index (Phi) is 3.34. The predicted molar refractivity (Wildman–Crippen MR) is 42.7 cm³/mol. The number of carboxylic acids is 1. The fourth-order valence-electron chi connectivity index (χ4n) is 1.08. The summed E-state index contributed by atoms with van der Waals surface area (Å²) in [5.41, 5.74) is -2.54. The van der Waals surface area contributed by atoms with Crippen LogP contribution in [0.3, 0.4) is 0 Å². The minimum absolute atomic E-state index is 0.131. The van der Waals surface area contributed by atoms with Crippen LogP contribution in [-0.4, -0.2) is 32.2 Å². The van der Waals surface area contributed by atoms with E-state index in [-0.39, 0.29) is 4.68 Å². The third-order valence-electron chi connectivity index (χ3n) is 1.98. The number of nitrogens with zero attached hydrogens (tertiary/aromatic N) is 3. The lowest BCUT2D eigenvalue weighted by Gasteiger charge is -2.17. The summed E-state index contributed by atoms with van der Waals surface area (Å²) in [6.07, 6.45) is -8.24. The molecule has 0 aliphatic carbocycles. The zero-order chi connectivity index (χ0) is 13.4. The molecule has 17 heavy (non-hydrogen) atoms. The second-order valence-corrected chi connectivity index (χ2v) is 3.09. The van der Waals surface area contributed by atoms with Crippen LogP contribution in [0.4, 0.5) is 22.0 Å². The number of carboxylic acid groups (broad SMARTS) is 1. The predicted octanol–water partition coefficient (Wildman–Crippen LogP) is 2.04. The highest BCUT2D eigenvalue weighted by Gasteiger charge is 2.41. The van der Waals surface area contributed by atoms with Crippen molar-refractivity contribution in [3.63, 3.8) is 0 Å². The fourth-order valence-corrected chi connectivity index (χ4v) is 1.08. The van der Waals surface area contributed by atoms with Crippen molar-refractivity contribution in [2.45, 2.75) is 25.6 Å². The average Bonchev–Trinajstić information content (AvgIpc) is 2.58. The molecule has 10 heteroatoms. The highest BCUT2D eigenvalue weighted by atomic mass is 19.4. The van der Waals surface area contributed by atoms with Crippen molar-refractivity contribution in [2.24, 2.45) is 0 Å². The summed E-state index contributed by atoms with van der Waals surface area (Å²) in [7, 11) is 0. The zero-order valence-corrected chi connectivity index (χ0v) is 8.24. The van der Waals surface area contributed by atoms with Crippen LogP contribution in [0, 0.1) is 0 Å². The molecule has 0 saturated heterocycles. The molecule has 1 aromatic rings. The molecule has 96 valence electrons. The van der Waals surface area contributed by atoms with Gasteiger partial charge in [0, 0.05) is 0 Å². The average molecular weight is 259 g/mol. The first-order valence-electron chi connectivity index (χ1n) is 4.19. The molecule has 0 spiro atoms. The highest BCUT2D eigenvalue weighted by molar-refractivity contribution is 5.86. The summed E-state index contributed by atoms with van der Waals surface area (Å²) in [4.78, 5) is 10.5. The zero-order valence-electron chi connectivity index (χ0n) is 8.24. The van der Waals surface area contributed by atoms with E-state index in [1.165, 1.54) is 0 Å². The lowest BCUT2D eigenvalue weighted by molar-refractivity contribution is -0.166. The Morgan fingerprint density at radius 3 is 2.29 bits per heavy atom. The number of hydrogen-bond acceptors (Lipinski definition) is 3. The standard InChI is InChI=1S/C7H6F5N3O2/c1-2(7(10,11)12)15-4(5(8)9)3(6(16)17)13-14-15/h2,5H,1H3,(H,16,17). The first-order chi connectivity index (χ1) is 7.66. The van der Waals surface area contributed by atoms with Crippen molar-refractivity contribution in [3.05, 3.63) is 11.4 Å². The topological polar surface area (TPSA) is 68.0 Å². The number of hydrogen-bond donors (Lipinski definition) is 1. The van der Waals surface area contributed by atoms with Crippen molar-refractivity contribution < 1.29 is 31.9 Å². The van der Waals surface area contributed by atoms with Crippen molar-refractivity contribution in [1.82, 2.24) is 15.0 Å². The first-order valence-corrected chi connectivity index (χ1v) is 4.19. The molecule has 0 fully saturated rings. The molecule has 0 aliphatic heterocycles. The van der Waals surface area contributed by atoms with Gasteiger partial charge in [0.2, 0.25) is 0 Å². The smallest absolute Gasteiger partial charge is 0.410 e. The van der Waals surface area contributed by atoms with E-state index in [1.807, 2.05) is 0 Å². The van der Waals surface area contributed by atoms with Crippen molar-refractivity contribution in [1.29, 1.82) is 0 Å². The monoisotopic (exact) mass is 259 g/mol. The van der Waals surface area contributed by atoms with E-state index in [1.54, 1.807) is 0 Å². The van der Waals surface area contributed by atoms with E-state index in [2.05, 4.69) is 10.3 Å². The maximum atomic E-state index is 12.5.